The maximum atomic E-state index is 10.7. The summed E-state index contributed by atoms with van der Waals surface area (Å²) in [7, 11) is 0. The molecule has 0 fully saturated rings. The quantitative estimate of drug-likeness (QED) is 0.670. The highest BCUT2D eigenvalue weighted by Gasteiger charge is 2.19. The highest BCUT2D eigenvalue weighted by Crippen LogP contribution is 2.25. The van der Waals surface area contributed by atoms with Crippen molar-refractivity contribution in [1.82, 2.24) is 4.57 Å². The van der Waals surface area contributed by atoms with Crippen LogP contribution in [-0.2, 0) is 19.4 Å². The van der Waals surface area contributed by atoms with Gasteiger partial charge in [0.1, 0.15) is 0 Å². The molecular weight excluding hydrogens is 302 g/mol. The molecule has 1 aromatic carbocycles. The number of benzene rings is 1. The Morgan fingerprint density at radius 1 is 1.32 bits per heavy atom. The van der Waals surface area contributed by atoms with Crippen LogP contribution in [0.4, 0.5) is 5.69 Å². The van der Waals surface area contributed by atoms with E-state index in [1.165, 1.54) is 34.0 Å². The average Bonchev–Trinajstić information content (AvgIpc) is 2.83. The van der Waals surface area contributed by atoms with Gasteiger partial charge in [-0.05, 0) is 43.4 Å². The smallest absolute Gasteiger partial charge is 0.269 e. The van der Waals surface area contributed by atoms with Crippen molar-refractivity contribution in [3.63, 3.8) is 0 Å². The number of aliphatic hydroxyl groups excluding tert-OH is 1. The number of rotatable bonds is 4. The first kappa shape index (κ1) is 14.9. The molecule has 0 saturated heterocycles. The third-order valence-electron chi connectivity index (χ3n) is 4.02. The first-order valence-electron chi connectivity index (χ1n) is 7.24. The normalized spacial score (nSPS) is 15.3. The maximum absolute atomic E-state index is 10.7. The fourth-order valence-electron chi connectivity index (χ4n) is 2.84. The lowest BCUT2D eigenvalue weighted by atomic mass is 10.0. The van der Waals surface area contributed by atoms with Crippen LogP contribution in [-0.4, -0.2) is 14.6 Å². The molecule has 2 aromatic rings. The summed E-state index contributed by atoms with van der Waals surface area (Å²) in [5.74, 6) is 0. The number of nitro groups is 1. The highest BCUT2D eigenvalue weighted by molar-refractivity contribution is 7.09. The van der Waals surface area contributed by atoms with E-state index in [0.29, 0.717) is 16.9 Å². The first-order valence-corrected chi connectivity index (χ1v) is 8.06. The monoisotopic (exact) mass is 319 g/mol. The molecule has 1 atom stereocenters. The van der Waals surface area contributed by atoms with E-state index in [9.17, 15) is 15.2 Å². The van der Waals surface area contributed by atoms with E-state index >= 15 is 0 Å². The van der Waals surface area contributed by atoms with Crippen LogP contribution < -0.4 is 4.80 Å². The molecular formula is C15H17N3O3S. The van der Waals surface area contributed by atoms with Gasteiger partial charge in [-0.3, -0.25) is 15.5 Å². The number of fused-ring (bicyclic) bond motifs is 1. The molecule has 3 rings (SSSR count). The van der Waals surface area contributed by atoms with Crippen molar-refractivity contribution in [2.75, 3.05) is 0 Å². The SMILES string of the molecule is N=c1sc2c(n1CC(O)c1ccc([N+](=O)[O-])cc1)CCCC2. The Labute approximate surface area is 131 Å². The largest absolute Gasteiger partial charge is 0.387 e. The minimum atomic E-state index is -0.768. The van der Waals surface area contributed by atoms with Gasteiger partial charge in [0, 0.05) is 22.7 Å². The fourth-order valence-corrected chi connectivity index (χ4v) is 3.95. The molecule has 0 aliphatic heterocycles. The molecule has 1 aliphatic rings. The summed E-state index contributed by atoms with van der Waals surface area (Å²) in [6.07, 6.45) is 3.49. The summed E-state index contributed by atoms with van der Waals surface area (Å²) in [5, 5.41) is 29.1. The third kappa shape index (κ3) is 2.82. The average molecular weight is 319 g/mol. The van der Waals surface area contributed by atoms with Crippen LogP contribution in [0.25, 0.3) is 0 Å². The number of hydrogen-bond donors (Lipinski definition) is 2. The van der Waals surface area contributed by atoms with E-state index in [4.69, 9.17) is 5.41 Å². The summed E-state index contributed by atoms with van der Waals surface area (Å²) in [6.45, 7) is 0.322. The molecule has 1 aliphatic carbocycles. The van der Waals surface area contributed by atoms with Gasteiger partial charge in [-0.1, -0.05) is 0 Å². The second-order valence-electron chi connectivity index (χ2n) is 5.46. The molecule has 6 nitrogen and oxygen atoms in total. The minimum absolute atomic E-state index is 0.0118. The summed E-state index contributed by atoms with van der Waals surface area (Å²) in [5.41, 5.74) is 1.81. The van der Waals surface area contributed by atoms with Crippen molar-refractivity contribution in [1.29, 1.82) is 5.41 Å². The van der Waals surface area contributed by atoms with Gasteiger partial charge in [-0.2, -0.15) is 0 Å². The number of nitrogens with one attached hydrogen (secondary N) is 1. The van der Waals surface area contributed by atoms with E-state index in [0.717, 1.165) is 25.7 Å². The lowest BCUT2D eigenvalue weighted by Gasteiger charge is -2.17. The van der Waals surface area contributed by atoms with Crippen LogP contribution in [0.3, 0.4) is 0 Å². The number of nitro benzene ring substituents is 1. The Balaban J connectivity index is 1.82. The van der Waals surface area contributed by atoms with E-state index in [1.807, 2.05) is 4.57 Å². The van der Waals surface area contributed by atoms with Crippen LogP contribution in [0.5, 0.6) is 0 Å². The van der Waals surface area contributed by atoms with Crippen molar-refractivity contribution in [2.24, 2.45) is 0 Å². The van der Waals surface area contributed by atoms with Crippen molar-refractivity contribution in [3.05, 3.63) is 55.3 Å². The summed E-state index contributed by atoms with van der Waals surface area (Å²) >= 11 is 1.49. The fraction of sp³-hybridized carbons (Fsp3) is 0.400. The van der Waals surface area contributed by atoms with Crippen molar-refractivity contribution >= 4 is 17.0 Å². The number of thiazole rings is 1. The van der Waals surface area contributed by atoms with Gasteiger partial charge in [0.05, 0.1) is 17.6 Å². The second kappa shape index (κ2) is 6.02. The number of hydrogen-bond acceptors (Lipinski definition) is 5. The molecule has 0 bridgehead atoms. The van der Waals surface area contributed by atoms with Gasteiger partial charge in [0.15, 0.2) is 4.80 Å². The van der Waals surface area contributed by atoms with E-state index in [1.54, 1.807) is 12.1 Å². The predicted octanol–water partition coefficient (Wildman–Crippen LogP) is 2.55. The third-order valence-corrected chi connectivity index (χ3v) is 5.12. The number of aryl methyl sites for hydroxylation is 1. The number of aromatic nitrogens is 1. The summed E-state index contributed by atoms with van der Waals surface area (Å²) < 4.78 is 1.88. The molecule has 0 amide bonds. The summed E-state index contributed by atoms with van der Waals surface area (Å²) in [4.78, 5) is 11.9. The molecule has 1 heterocycles. The van der Waals surface area contributed by atoms with Gasteiger partial charge in [-0.15, -0.1) is 11.3 Å². The van der Waals surface area contributed by atoms with Gasteiger partial charge >= 0.3 is 0 Å². The highest BCUT2D eigenvalue weighted by atomic mass is 32.1. The second-order valence-corrected chi connectivity index (χ2v) is 6.54. The molecule has 2 N–H and O–H groups in total. The van der Waals surface area contributed by atoms with Crippen molar-refractivity contribution in [2.45, 2.75) is 38.3 Å². The first-order chi connectivity index (χ1) is 10.6. The molecule has 1 unspecified atom stereocenters. The Bertz CT molecular complexity index is 748. The lowest BCUT2D eigenvalue weighted by molar-refractivity contribution is -0.384. The molecule has 1 aromatic heterocycles. The van der Waals surface area contributed by atoms with Crippen LogP contribution in [0.2, 0.25) is 0 Å². The van der Waals surface area contributed by atoms with Gasteiger partial charge < -0.3 is 9.67 Å². The molecule has 0 saturated carbocycles. The topological polar surface area (TPSA) is 92.2 Å². The Morgan fingerprint density at radius 2 is 2.00 bits per heavy atom. The van der Waals surface area contributed by atoms with Crippen molar-refractivity contribution < 1.29 is 10.0 Å². The minimum Gasteiger partial charge on any atom is -0.387 e. The number of nitrogens with zero attached hydrogens (tertiary/aromatic N) is 2. The number of aliphatic hydroxyl groups is 1. The molecule has 7 heteroatoms. The molecule has 0 spiro atoms. The lowest BCUT2D eigenvalue weighted by Crippen LogP contribution is -2.21. The van der Waals surface area contributed by atoms with Crippen LogP contribution in [0, 0.1) is 15.5 Å². The van der Waals surface area contributed by atoms with E-state index < -0.39 is 11.0 Å². The Hall–Kier alpha value is -1.99. The summed E-state index contributed by atoms with van der Waals surface area (Å²) in [6, 6.07) is 5.94. The van der Waals surface area contributed by atoms with Gasteiger partial charge in [0.25, 0.3) is 5.69 Å². The van der Waals surface area contributed by atoms with Gasteiger partial charge in [0.2, 0.25) is 0 Å². The van der Waals surface area contributed by atoms with Crippen LogP contribution >= 0.6 is 11.3 Å². The predicted molar refractivity (Wildman–Crippen MR) is 82.9 cm³/mol. The van der Waals surface area contributed by atoms with Gasteiger partial charge in [-0.25, -0.2) is 0 Å². The number of non-ortho nitro benzene ring substituents is 1. The molecule has 22 heavy (non-hydrogen) atoms. The molecule has 116 valence electrons. The van der Waals surface area contributed by atoms with E-state index in [-0.39, 0.29) is 5.69 Å². The Morgan fingerprint density at radius 3 is 2.68 bits per heavy atom. The van der Waals surface area contributed by atoms with Crippen molar-refractivity contribution in [3.8, 4) is 0 Å². The Kier molecular flexibility index (Phi) is 4.08. The molecule has 0 radical (unpaired) electrons. The van der Waals surface area contributed by atoms with Crippen LogP contribution in [0.15, 0.2) is 24.3 Å². The van der Waals surface area contributed by atoms with E-state index in [2.05, 4.69) is 0 Å². The maximum Gasteiger partial charge on any atom is 0.269 e. The standard InChI is InChI=1S/C15H17N3O3S/c16-15-17(12-3-1-2-4-14(12)22-15)9-13(19)10-5-7-11(8-6-10)18(20)21/h5-8,13,16,19H,1-4,9H2. The zero-order valence-electron chi connectivity index (χ0n) is 12.0. The zero-order chi connectivity index (χ0) is 15.7. The van der Waals surface area contributed by atoms with Crippen LogP contribution in [0.1, 0.15) is 35.1 Å². The zero-order valence-corrected chi connectivity index (χ0v) is 12.8.